The SMILES string of the molecule is CNC1Cc2ccc(C3CN(S(=O)(=O)C4CCC4)C3)cc2C1Cc1cccc(C(F)(F)F)c1. The van der Waals surface area contributed by atoms with Crippen LogP contribution in [0.25, 0.3) is 0 Å². The van der Waals surface area contributed by atoms with Gasteiger partial charge in [0.15, 0.2) is 0 Å². The number of halogens is 3. The van der Waals surface area contributed by atoms with Gasteiger partial charge in [-0.2, -0.15) is 13.2 Å². The fraction of sp³-hybridized carbons (Fsp3) is 0.520. The number of likely N-dealkylation sites (N-methyl/N-ethyl adjacent to an activating group) is 1. The van der Waals surface area contributed by atoms with Crippen LogP contribution < -0.4 is 5.32 Å². The van der Waals surface area contributed by atoms with Crippen LogP contribution in [0.15, 0.2) is 42.5 Å². The quantitative estimate of drug-likeness (QED) is 0.667. The molecule has 0 spiro atoms. The number of nitrogens with zero attached hydrogens (tertiary/aromatic N) is 1. The fourth-order valence-electron chi connectivity index (χ4n) is 5.41. The van der Waals surface area contributed by atoms with Crippen molar-refractivity contribution in [2.24, 2.45) is 0 Å². The number of nitrogens with one attached hydrogen (secondary N) is 1. The Morgan fingerprint density at radius 1 is 1.09 bits per heavy atom. The lowest BCUT2D eigenvalue weighted by atomic mass is 9.86. The van der Waals surface area contributed by atoms with Crippen LogP contribution >= 0.6 is 0 Å². The number of hydrogen-bond donors (Lipinski definition) is 1. The predicted octanol–water partition coefficient (Wildman–Crippen LogP) is 4.46. The molecular weight excluding hydrogens is 449 g/mol. The van der Waals surface area contributed by atoms with E-state index in [2.05, 4.69) is 23.5 Å². The number of hydrogen-bond acceptors (Lipinski definition) is 3. The third kappa shape index (κ3) is 4.21. The monoisotopic (exact) mass is 478 g/mol. The molecule has 1 heterocycles. The molecule has 0 aromatic heterocycles. The van der Waals surface area contributed by atoms with E-state index in [1.54, 1.807) is 10.4 Å². The summed E-state index contributed by atoms with van der Waals surface area (Å²) in [5, 5.41) is 3.14. The zero-order valence-corrected chi connectivity index (χ0v) is 19.4. The first-order valence-electron chi connectivity index (χ1n) is 11.6. The first-order chi connectivity index (χ1) is 15.7. The summed E-state index contributed by atoms with van der Waals surface area (Å²) >= 11 is 0. The Hall–Kier alpha value is -1.90. The fourth-order valence-corrected chi connectivity index (χ4v) is 7.54. The Balaban J connectivity index is 1.35. The van der Waals surface area contributed by atoms with Crippen LogP contribution in [0, 0.1) is 0 Å². The van der Waals surface area contributed by atoms with E-state index in [9.17, 15) is 21.6 Å². The molecule has 178 valence electrons. The van der Waals surface area contributed by atoms with E-state index in [0.29, 0.717) is 25.1 Å². The van der Waals surface area contributed by atoms with Crippen molar-refractivity contribution in [1.82, 2.24) is 9.62 Å². The summed E-state index contributed by atoms with van der Waals surface area (Å²) in [5.74, 6) is 0.247. The van der Waals surface area contributed by atoms with Crippen LogP contribution in [0.1, 0.15) is 58.9 Å². The lowest BCUT2D eigenvalue weighted by Crippen LogP contribution is -2.52. The van der Waals surface area contributed by atoms with E-state index >= 15 is 0 Å². The molecule has 1 saturated carbocycles. The first-order valence-corrected chi connectivity index (χ1v) is 13.1. The minimum Gasteiger partial charge on any atom is -0.316 e. The predicted molar refractivity (Wildman–Crippen MR) is 122 cm³/mol. The van der Waals surface area contributed by atoms with E-state index in [1.165, 1.54) is 23.3 Å². The molecule has 8 heteroatoms. The van der Waals surface area contributed by atoms with Gasteiger partial charge in [0, 0.05) is 31.0 Å². The Labute approximate surface area is 193 Å². The van der Waals surface area contributed by atoms with Gasteiger partial charge in [0.1, 0.15) is 0 Å². The largest absolute Gasteiger partial charge is 0.416 e. The van der Waals surface area contributed by atoms with Gasteiger partial charge in [-0.05, 0) is 61.1 Å². The smallest absolute Gasteiger partial charge is 0.316 e. The summed E-state index contributed by atoms with van der Waals surface area (Å²) in [4.78, 5) is 0. The third-order valence-corrected chi connectivity index (χ3v) is 10.1. The normalized spacial score (nSPS) is 24.4. The number of sulfonamides is 1. The molecular formula is C25H29F3N2O2S. The van der Waals surface area contributed by atoms with E-state index in [1.807, 2.05) is 7.05 Å². The standard InChI is InChI=1S/C25H29F3N2O2S/c1-29-24-13-18-9-8-17(19-14-30(15-19)33(31,32)21-6-3-7-21)12-22(18)23(24)11-16-4-2-5-20(10-16)25(26,27)28/h2,4-5,8-10,12,19,21,23-24,29H,3,6-7,11,13-15H2,1H3. The molecule has 1 saturated heterocycles. The minimum absolute atomic E-state index is 0.0725. The molecule has 0 radical (unpaired) electrons. The zero-order valence-electron chi connectivity index (χ0n) is 18.6. The molecule has 2 aliphatic carbocycles. The van der Waals surface area contributed by atoms with E-state index in [-0.39, 0.29) is 23.1 Å². The van der Waals surface area contributed by atoms with Gasteiger partial charge in [-0.15, -0.1) is 0 Å². The molecule has 1 N–H and O–H groups in total. The second-order valence-corrected chi connectivity index (χ2v) is 11.9. The lowest BCUT2D eigenvalue weighted by molar-refractivity contribution is -0.137. The molecule has 0 amide bonds. The van der Waals surface area contributed by atoms with Crippen molar-refractivity contribution in [3.05, 3.63) is 70.3 Å². The summed E-state index contributed by atoms with van der Waals surface area (Å²) in [6.07, 6.45) is -0.460. The van der Waals surface area contributed by atoms with Crippen molar-refractivity contribution in [2.45, 2.75) is 61.4 Å². The number of rotatable bonds is 6. The minimum atomic E-state index is -4.35. The van der Waals surface area contributed by atoms with Gasteiger partial charge in [-0.3, -0.25) is 0 Å². The van der Waals surface area contributed by atoms with Gasteiger partial charge in [-0.25, -0.2) is 12.7 Å². The van der Waals surface area contributed by atoms with Crippen LogP contribution in [-0.2, 0) is 29.0 Å². The first kappa shape index (κ1) is 22.9. The highest BCUT2D eigenvalue weighted by Crippen LogP contribution is 2.41. The van der Waals surface area contributed by atoms with Crippen LogP contribution in [0.2, 0.25) is 0 Å². The molecule has 1 aliphatic heterocycles. The molecule has 33 heavy (non-hydrogen) atoms. The molecule has 2 aromatic carbocycles. The number of fused-ring (bicyclic) bond motifs is 1. The highest BCUT2D eigenvalue weighted by Gasteiger charge is 2.43. The summed E-state index contributed by atoms with van der Waals surface area (Å²) < 4.78 is 66.4. The van der Waals surface area contributed by atoms with Crippen LogP contribution in [-0.4, -0.2) is 44.2 Å². The summed E-state index contributed by atoms with van der Waals surface area (Å²) in [7, 11) is -1.27. The highest BCUT2D eigenvalue weighted by atomic mass is 32.2. The van der Waals surface area contributed by atoms with E-state index in [0.717, 1.165) is 37.3 Å². The molecule has 4 nitrogen and oxygen atoms in total. The van der Waals surface area contributed by atoms with Gasteiger partial charge in [0.2, 0.25) is 10.0 Å². The molecule has 3 aliphatic rings. The maximum Gasteiger partial charge on any atom is 0.416 e. The van der Waals surface area contributed by atoms with E-state index in [4.69, 9.17) is 0 Å². The van der Waals surface area contributed by atoms with Crippen molar-refractivity contribution in [1.29, 1.82) is 0 Å². The van der Waals surface area contributed by atoms with Gasteiger partial charge in [-0.1, -0.05) is 42.8 Å². The average Bonchev–Trinajstić information content (AvgIpc) is 3.01. The molecule has 5 rings (SSSR count). The summed E-state index contributed by atoms with van der Waals surface area (Å²) in [6.45, 7) is 1.04. The Kier molecular flexibility index (Phi) is 5.82. The van der Waals surface area contributed by atoms with Crippen molar-refractivity contribution >= 4 is 10.0 Å². The van der Waals surface area contributed by atoms with Crippen LogP contribution in [0.5, 0.6) is 0 Å². The Morgan fingerprint density at radius 3 is 2.48 bits per heavy atom. The highest BCUT2D eigenvalue weighted by molar-refractivity contribution is 7.89. The molecule has 2 atom stereocenters. The van der Waals surface area contributed by atoms with Gasteiger partial charge in [0.05, 0.1) is 10.8 Å². The van der Waals surface area contributed by atoms with Crippen LogP contribution in [0.4, 0.5) is 13.2 Å². The topological polar surface area (TPSA) is 49.4 Å². The van der Waals surface area contributed by atoms with Crippen LogP contribution in [0.3, 0.4) is 0 Å². The Bertz CT molecular complexity index is 1140. The molecule has 0 bridgehead atoms. The summed E-state index contributed by atoms with van der Waals surface area (Å²) in [5.41, 5.74) is 3.57. The van der Waals surface area contributed by atoms with E-state index < -0.39 is 21.8 Å². The van der Waals surface area contributed by atoms with Gasteiger partial charge >= 0.3 is 6.18 Å². The second-order valence-electron chi connectivity index (χ2n) is 9.68. The second kappa shape index (κ2) is 8.40. The molecule has 2 unspecified atom stereocenters. The third-order valence-electron chi connectivity index (χ3n) is 7.73. The Morgan fingerprint density at radius 2 is 1.85 bits per heavy atom. The lowest BCUT2D eigenvalue weighted by Gasteiger charge is -2.42. The average molecular weight is 479 g/mol. The van der Waals surface area contributed by atoms with Gasteiger partial charge < -0.3 is 5.32 Å². The van der Waals surface area contributed by atoms with Crippen molar-refractivity contribution in [3.8, 4) is 0 Å². The summed E-state index contributed by atoms with van der Waals surface area (Å²) in [6, 6.07) is 12.1. The van der Waals surface area contributed by atoms with Crippen molar-refractivity contribution in [2.75, 3.05) is 20.1 Å². The maximum absolute atomic E-state index is 13.2. The molecule has 2 aromatic rings. The van der Waals surface area contributed by atoms with Crippen molar-refractivity contribution < 1.29 is 21.6 Å². The number of benzene rings is 2. The van der Waals surface area contributed by atoms with Gasteiger partial charge in [0.25, 0.3) is 0 Å². The molecule has 2 fully saturated rings. The zero-order chi connectivity index (χ0) is 23.4. The number of alkyl halides is 3. The van der Waals surface area contributed by atoms with Crippen molar-refractivity contribution in [3.63, 3.8) is 0 Å². The maximum atomic E-state index is 13.2.